The molecule has 11 heteroatoms. The van der Waals surface area contributed by atoms with E-state index in [2.05, 4.69) is 4.98 Å². The third-order valence-electron chi connectivity index (χ3n) is 4.67. The van der Waals surface area contributed by atoms with Crippen molar-refractivity contribution in [3.05, 3.63) is 46.9 Å². The summed E-state index contributed by atoms with van der Waals surface area (Å²) in [6.45, 7) is 1.83. The maximum Gasteiger partial charge on any atom is 0.490 e. The molecule has 2 fully saturated rings. The molecule has 0 aliphatic carbocycles. The number of fused-ring (bicyclic) bond motifs is 1. The van der Waals surface area contributed by atoms with Crippen LogP contribution in [0.1, 0.15) is 10.5 Å². The molecule has 2 saturated heterocycles. The highest BCUT2D eigenvalue weighted by atomic mass is 32.1. The number of carboxylic acid groups (broad SMARTS) is 1. The first kappa shape index (κ1) is 20.8. The second-order valence-corrected chi connectivity index (χ2v) is 7.31. The number of thiophene rings is 1. The van der Waals surface area contributed by atoms with Crippen molar-refractivity contribution in [1.82, 2.24) is 9.88 Å². The standard InChI is InChI=1S/C16H15N3O2S.C2HF3O2/c20-15-13-9-18(16(21)14-3-1-2-5-17-14)7-11(13)8-19(15)12-4-6-22-10-12;3-2(4,5)1(6)7/h1-6,10-11,13H,7-9H2;(H,6,7)/t11-,13-;/m0./s1. The number of nitrogens with zero attached hydrogens (tertiary/aromatic N) is 3. The van der Waals surface area contributed by atoms with E-state index in [4.69, 9.17) is 9.90 Å². The molecule has 2 aliphatic heterocycles. The fraction of sp³-hybridized carbons (Fsp3) is 0.333. The van der Waals surface area contributed by atoms with E-state index in [0.29, 0.717) is 25.3 Å². The number of anilines is 1. The number of aromatic nitrogens is 1. The summed E-state index contributed by atoms with van der Waals surface area (Å²) in [5.41, 5.74) is 1.43. The van der Waals surface area contributed by atoms with Crippen LogP contribution in [0.2, 0.25) is 0 Å². The molecule has 4 heterocycles. The Labute approximate surface area is 167 Å². The van der Waals surface area contributed by atoms with Gasteiger partial charge in [-0.2, -0.15) is 24.5 Å². The third-order valence-corrected chi connectivity index (χ3v) is 5.34. The van der Waals surface area contributed by atoms with Gasteiger partial charge in [-0.3, -0.25) is 14.6 Å². The van der Waals surface area contributed by atoms with Crippen LogP contribution in [-0.2, 0) is 9.59 Å². The summed E-state index contributed by atoms with van der Waals surface area (Å²) >= 11 is 1.59. The minimum Gasteiger partial charge on any atom is -0.475 e. The highest BCUT2D eigenvalue weighted by Gasteiger charge is 2.48. The second kappa shape index (κ2) is 8.19. The van der Waals surface area contributed by atoms with Crippen LogP contribution < -0.4 is 4.90 Å². The Bertz CT molecular complexity index is 890. The van der Waals surface area contributed by atoms with Crippen LogP contribution in [-0.4, -0.2) is 58.6 Å². The first-order valence-corrected chi connectivity index (χ1v) is 9.46. The van der Waals surface area contributed by atoms with E-state index < -0.39 is 12.1 Å². The van der Waals surface area contributed by atoms with Gasteiger partial charge in [0.25, 0.3) is 5.91 Å². The van der Waals surface area contributed by atoms with E-state index in [0.717, 1.165) is 5.69 Å². The molecule has 0 saturated carbocycles. The molecule has 0 aromatic carbocycles. The number of halogens is 3. The van der Waals surface area contributed by atoms with Gasteiger partial charge in [-0.05, 0) is 23.6 Å². The van der Waals surface area contributed by atoms with Crippen molar-refractivity contribution < 1.29 is 32.7 Å². The zero-order valence-corrected chi connectivity index (χ0v) is 15.7. The Balaban J connectivity index is 0.000000298. The summed E-state index contributed by atoms with van der Waals surface area (Å²) in [7, 11) is 0. The average Bonchev–Trinajstić information content (AvgIpc) is 3.40. The fourth-order valence-corrected chi connectivity index (χ4v) is 3.96. The van der Waals surface area contributed by atoms with Gasteiger partial charge < -0.3 is 14.9 Å². The van der Waals surface area contributed by atoms with Crippen LogP contribution in [0.15, 0.2) is 41.2 Å². The van der Waals surface area contributed by atoms with Crippen molar-refractivity contribution >= 4 is 34.8 Å². The zero-order valence-electron chi connectivity index (χ0n) is 14.9. The summed E-state index contributed by atoms with van der Waals surface area (Å²) in [5.74, 6) is -2.55. The monoisotopic (exact) mass is 427 g/mol. The number of hydrogen-bond acceptors (Lipinski definition) is 5. The van der Waals surface area contributed by atoms with Crippen molar-refractivity contribution in [3.8, 4) is 0 Å². The summed E-state index contributed by atoms with van der Waals surface area (Å²) in [5, 5.41) is 11.1. The fourth-order valence-electron chi connectivity index (χ4n) is 3.32. The molecule has 2 aromatic rings. The van der Waals surface area contributed by atoms with Gasteiger partial charge in [-0.15, -0.1) is 0 Å². The molecule has 2 atom stereocenters. The van der Waals surface area contributed by atoms with Crippen molar-refractivity contribution in [2.24, 2.45) is 11.8 Å². The Morgan fingerprint density at radius 3 is 2.41 bits per heavy atom. The number of rotatable bonds is 2. The van der Waals surface area contributed by atoms with E-state index in [1.165, 1.54) is 0 Å². The van der Waals surface area contributed by atoms with E-state index in [-0.39, 0.29) is 23.7 Å². The minimum absolute atomic E-state index is 0.0763. The van der Waals surface area contributed by atoms with Crippen LogP contribution in [0.5, 0.6) is 0 Å². The van der Waals surface area contributed by atoms with Crippen LogP contribution in [0.25, 0.3) is 0 Å². The first-order chi connectivity index (χ1) is 13.7. The molecule has 0 radical (unpaired) electrons. The lowest BCUT2D eigenvalue weighted by molar-refractivity contribution is -0.192. The molecular weight excluding hydrogens is 411 g/mol. The van der Waals surface area contributed by atoms with Crippen LogP contribution >= 0.6 is 11.3 Å². The molecule has 29 heavy (non-hydrogen) atoms. The van der Waals surface area contributed by atoms with Gasteiger partial charge in [0.05, 0.1) is 11.6 Å². The number of aliphatic carboxylic acids is 1. The molecule has 1 N–H and O–H groups in total. The van der Waals surface area contributed by atoms with Gasteiger partial charge in [-0.25, -0.2) is 4.79 Å². The Kier molecular flexibility index (Phi) is 5.87. The highest BCUT2D eigenvalue weighted by molar-refractivity contribution is 7.08. The van der Waals surface area contributed by atoms with Crippen molar-refractivity contribution in [3.63, 3.8) is 0 Å². The smallest absolute Gasteiger partial charge is 0.475 e. The van der Waals surface area contributed by atoms with Gasteiger partial charge in [0, 0.05) is 37.1 Å². The number of pyridine rings is 1. The highest BCUT2D eigenvalue weighted by Crippen LogP contribution is 2.36. The van der Waals surface area contributed by atoms with Crippen LogP contribution in [0.3, 0.4) is 0 Å². The number of likely N-dealkylation sites (tertiary alicyclic amines) is 1. The Morgan fingerprint density at radius 2 is 1.90 bits per heavy atom. The molecular formula is C18H16F3N3O4S. The molecule has 0 unspecified atom stereocenters. The third kappa shape index (κ3) is 4.56. The van der Waals surface area contributed by atoms with Gasteiger partial charge >= 0.3 is 12.1 Å². The molecule has 2 aromatic heterocycles. The second-order valence-electron chi connectivity index (χ2n) is 6.52. The molecule has 154 valence electrons. The molecule has 0 bridgehead atoms. The van der Waals surface area contributed by atoms with Gasteiger partial charge in [0.15, 0.2) is 0 Å². The average molecular weight is 427 g/mol. The normalized spacial score (nSPS) is 20.9. The summed E-state index contributed by atoms with van der Waals surface area (Å²) < 4.78 is 31.7. The Hall–Kier alpha value is -2.95. The predicted octanol–water partition coefficient (Wildman–Crippen LogP) is 2.51. The maximum absolute atomic E-state index is 12.6. The lowest BCUT2D eigenvalue weighted by Crippen LogP contribution is -2.35. The van der Waals surface area contributed by atoms with Crippen LogP contribution in [0.4, 0.5) is 18.9 Å². The van der Waals surface area contributed by atoms with Gasteiger partial charge in [0.1, 0.15) is 5.69 Å². The molecule has 2 aliphatic rings. The lowest BCUT2D eigenvalue weighted by atomic mass is 10.0. The molecule has 0 spiro atoms. The Morgan fingerprint density at radius 1 is 1.17 bits per heavy atom. The first-order valence-electron chi connectivity index (χ1n) is 8.52. The number of carbonyl (C=O) groups is 3. The number of carboxylic acids is 1. The van der Waals surface area contributed by atoms with E-state index >= 15 is 0 Å². The number of carbonyl (C=O) groups excluding carboxylic acids is 2. The van der Waals surface area contributed by atoms with E-state index in [1.54, 1.807) is 40.6 Å². The number of hydrogen-bond donors (Lipinski definition) is 1. The minimum atomic E-state index is -5.08. The maximum atomic E-state index is 12.6. The molecule has 2 amide bonds. The quantitative estimate of drug-likeness (QED) is 0.796. The zero-order chi connectivity index (χ0) is 21.2. The molecule has 7 nitrogen and oxygen atoms in total. The van der Waals surface area contributed by atoms with Crippen molar-refractivity contribution in [1.29, 1.82) is 0 Å². The van der Waals surface area contributed by atoms with Gasteiger partial charge in [-0.1, -0.05) is 6.07 Å². The van der Waals surface area contributed by atoms with Crippen molar-refractivity contribution in [2.45, 2.75) is 6.18 Å². The largest absolute Gasteiger partial charge is 0.490 e. The number of alkyl halides is 3. The summed E-state index contributed by atoms with van der Waals surface area (Å²) in [4.78, 5) is 41.6. The topological polar surface area (TPSA) is 90.8 Å². The number of amides is 2. The summed E-state index contributed by atoms with van der Waals surface area (Å²) in [6.07, 6.45) is -3.46. The van der Waals surface area contributed by atoms with E-state index in [1.807, 2.05) is 21.7 Å². The van der Waals surface area contributed by atoms with Crippen molar-refractivity contribution in [2.75, 3.05) is 24.5 Å². The lowest BCUT2D eigenvalue weighted by Gasteiger charge is -2.20. The molecule has 4 rings (SSSR count). The van der Waals surface area contributed by atoms with Crippen LogP contribution in [0, 0.1) is 11.8 Å². The summed E-state index contributed by atoms with van der Waals surface area (Å²) in [6, 6.07) is 7.29. The SMILES string of the molecule is O=C(O)C(F)(F)F.O=C(c1ccccn1)N1C[C@H]2CN(c3ccsc3)C(=O)[C@H]2C1. The van der Waals surface area contributed by atoms with Gasteiger partial charge in [0.2, 0.25) is 5.91 Å². The predicted molar refractivity (Wildman–Crippen MR) is 97.5 cm³/mol. The van der Waals surface area contributed by atoms with E-state index in [9.17, 15) is 22.8 Å².